The van der Waals surface area contributed by atoms with Crippen molar-refractivity contribution in [1.29, 1.82) is 0 Å². The van der Waals surface area contributed by atoms with Crippen LogP contribution in [0.5, 0.6) is 0 Å². The molecule has 0 aromatic heterocycles. The number of allylic oxidation sites excluding steroid dienone is 4. The topological polar surface area (TPSA) is 34.1 Å². The van der Waals surface area contributed by atoms with Crippen LogP contribution in [-0.4, -0.2) is 11.6 Å². The van der Waals surface area contributed by atoms with Crippen LogP contribution in [0.2, 0.25) is 0 Å². The van der Waals surface area contributed by atoms with Crippen molar-refractivity contribution in [1.82, 2.24) is 0 Å². The van der Waals surface area contributed by atoms with Crippen molar-refractivity contribution in [3.8, 4) is 0 Å². The Morgan fingerprint density at radius 2 is 1.04 bits per heavy atom. The fraction of sp³-hybridized carbons (Fsp3) is 0.143. The fourth-order valence-corrected chi connectivity index (χ4v) is 2.68. The molecule has 0 radical (unpaired) electrons. The van der Waals surface area contributed by atoms with Gasteiger partial charge in [0.2, 0.25) is 0 Å². The maximum absolute atomic E-state index is 12.0. The summed E-state index contributed by atoms with van der Waals surface area (Å²) < 4.78 is 1.91. The van der Waals surface area contributed by atoms with Gasteiger partial charge in [-0.3, -0.25) is 9.59 Å². The molecule has 0 amide bonds. The van der Waals surface area contributed by atoms with Gasteiger partial charge in [0.1, 0.15) is 0 Å². The van der Waals surface area contributed by atoms with Gasteiger partial charge in [-0.15, -0.1) is 0 Å². The summed E-state index contributed by atoms with van der Waals surface area (Å²) in [5.41, 5.74) is 1.36. The van der Waals surface area contributed by atoms with E-state index in [0.29, 0.717) is 11.1 Å². The Labute approximate surface area is 164 Å². The van der Waals surface area contributed by atoms with E-state index < -0.39 is 0 Å². The molecular weight excluding hydrogens is 444 g/mol. The number of benzene rings is 2. The van der Waals surface area contributed by atoms with Crippen LogP contribution in [0.1, 0.15) is 40.0 Å². The highest BCUT2D eigenvalue weighted by atomic mass is 79.9. The van der Waals surface area contributed by atoms with Gasteiger partial charge in [-0.1, -0.05) is 44.0 Å². The molecule has 2 aromatic rings. The highest BCUT2D eigenvalue weighted by Gasteiger charge is 2.01. The number of unbranched alkanes of at least 4 members (excludes halogenated alkanes) is 2. The van der Waals surface area contributed by atoms with Crippen molar-refractivity contribution in [2.75, 3.05) is 0 Å². The highest BCUT2D eigenvalue weighted by Crippen LogP contribution is 2.12. The molecule has 0 unspecified atom stereocenters. The Balaban J connectivity index is 1.70. The largest absolute Gasteiger partial charge is 0.289 e. The molecule has 0 atom stereocenters. The molecule has 0 fully saturated rings. The predicted octanol–water partition coefficient (Wildman–Crippen LogP) is 6.56. The minimum Gasteiger partial charge on any atom is -0.289 e. The number of carbonyl (C=O) groups excluding carboxylic acids is 2. The third-order valence-electron chi connectivity index (χ3n) is 3.54. The number of rotatable bonds is 8. The average Bonchev–Trinajstić information content (AvgIpc) is 2.61. The number of ketones is 2. The van der Waals surface area contributed by atoms with Crippen LogP contribution in [-0.2, 0) is 0 Å². The molecule has 0 aliphatic rings. The molecule has 0 spiro atoms. The molecule has 2 nitrogen and oxygen atoms in total. The molecule has 0 saturated heterocycles. The van der Waals surface area contributed by atoms with E-state index in [1.165, 1.54) is 0 Å². The van der Waals surface area contributed by atoms with E-state index in [2.05, 4.69) is 31.9 Å². The zero-order valence-corrected chi connectivity index (χ0v) is 16.8. The Morgan fingerprint density at radius 1 is 0.680 bits per heavy atom. The number of halogens is 2. The van der Waals surface area contributed by atoms with Gasteiger partial charge in [0, 0.05) is 20.1 Å². The Bertz CT molecular complexity index is 705. The second-order valence-electron chi connectivity index (χ2n) is 5.48. The standard InChI is InChI=1S/C21H18Br2O2/c22-18-12-8-16(9-13-18)20(24)6-4-2-1-3-5-7-21(25)17-10-14-19(23)15-11-17/h4-15H,1-3H2/b6-4+,7-5+. The van der Waals surface area contributed by atoms with Crippen molar-refractivity contribution in [3.63, 3.8) is 0 Å². The molecule has 0 heterocycles. The third kappa shape index (κ3) is 6.92. The highest BCUT2D eigenvalue weighted by molar-refractivity contribution is 9.10. The van der Waals surface area contributed by atoms with E-state index in [9.17, 15) is 9.59 Å². The van der Waals surface area contributed by atoms with Gasteiger partial charge < -0.3 is 0 Å². The summed E-state index contributed by atoms with van der Waals surface area (Å²) >= 11 is 6.70. The Kier molecular flexibility index (Phi) is 8.02. The molecule has 25 heavy (non-hydrogen) atoms. The van der Waals surface area contributed by atoms with E-state index in [0.717, 1.165) is 28.2 Å². The van der Waals surface area contributed by atoms with E-state index in [1.807, 2.05) is 36.4 Å². The predicted molar refractivity (Wildman–Crippen MR) is 109 cm³/mol. The van der Waals surface area contributed by atoms with Crippen LogP contribution in [0.4, 0.5) is 0 Å². The fourth-order valence-electron chi connectivity index (χ4n) is 2.16. The lowest BCUT2D eigenvalue weighted by atomic mass is 10.1. The van der Waals surface area contributed by atoms with Gasteiger partial charge >= 0.3 is 0 Å². The summed E-state index contributed by atoms with van der Waals surface area (Å²) in [5, 5.41) is 0. The van der Waals surface area contributed by atoms with Crippen molar-refractivity contribution in [3.05, 3.63) is 92.9 Å². The van der Waals surface area contributed by atoms with Crippen LogP contribution in [0, 0.1) is 0 Å². The van der Waals surface area contributed by atoms with Crippen LogP contribution >= 0.6 is 31.9 Å². The first-order chi connectivity index (χ1) is 12.1. The summed E-state index contributed by atoms with van der Waals surface area (Å²) in [6.07, 6.45) is 9.50. The van der Waals surface area contributed by atoms with E-state index >= 15 is 0 Å². The van der Waals surface area contributed by atoms with Crippen molar-refractivity contribution < 1.29 is 9.59 Å². The number of carbonyl (C=O) groups is 2. The monoisotopic (exact) mass is 460 g/mol. The van der Waals surface area contributed by atoms with Gasteiger partial charge in [0.05, 0.1) is 0 Å². The molecule has 0 aliphatic carbocycles. The minimum atomic E-state index is 0.00783. The van der Waals surface area contributed by atoms with Crippen LogP contribution < -0.4 is 0 Å². The van der Waals surface area contributed by atoms with Gasteiger partial charge in [-0.2, -0.15) is 0 Å². The molecule has 4 heteroatoms. The van der Waals surface area contributed by atoms with Gasteiger partial charge in [-0.05, 0) is 79.9 Å². The summed E-state index contributed by atoms with van der Waals surface area (Å²) in [4.78, 5) is 23.9. The first-order valence-corrected chi connectivity index (χ1v) is 9.58. The smallest absolute Gasteiger partial charge is 0.185 e. The minimum absolute atomic E-state index is 0.00783. The van der Waals surface area contributed by atoms with E-state index in [1.54, 1.807) is 36.4 Å². The zero-order chi connectivity index (χ0) is 18.1. The summed E-state index contributed by atoms with van der Waals surface area (Å²) in [5.74, 6) is 0.0157. The first kappa shape index (κ1) is 19.5. The molecule has 2 aromatic carbocycles. The van der Waals surface area contributed by atoms with Crippen molar-refractivity contribution in [2.45, 2.75) is 19.3 Å². The van der Waals surface area contributed by atoms with Crippen LogP contribution in [0.3, 0.4) is 0 Å². The second-order valence-corrected chi connectivity index (χ2v) is 7.31. The second kappa shape index (κ2) is 10.3. The number of hydrogen-bond acceptors (Lipinski definition) is 2. The lowest BCUT2D eigenvalue weighted by Gasteiger charge is -1.97. The Morgan fingerprint density at radius 3 is 1.40 bits per heavy atom. The molecule has 0 aliphatic heterocycles. The van der Waals surface area contributed by atoms with Crippen LogP contribution in [0.25, 0.3) is 0 Å². The first-order valence-electron chi connectivity index (χ1n) is 7.99. The SMILES string of the molecule is O=C(/C=C/CCC/C=C/C(=O)c1ccc(Br)cc1)c1ccc(Br)cc1. The maximum atomic E-state index is 12.0. The normalized spacial score (nSPS) is 11.3. The molecular formula is C21H18Br2O2. The van der Waals surface area contributed by atoms with Gasteiger partial charge in [-0.25, -0.2) is 0 Å². The quantitative estimate of drug-likeness (QED) is 0.253. The average molecular weight is 462 g/mol. The molecule has 0 bridgehead atoms. The lowest BCUT2D eigenvalue weighted by Crippen LogP contribution is -1.93. The van der Waals surface area contributed by atoms with Crippen molar-refractivity contribution >= 4 is 43.4 Å². The third-order valence-corrected chi connectivity index (χ3v) is 4.59. The molecule has 0 saturated carbocycles. The molecule has 0 N–H and O–H groups in total. The lowest BCUT2D eigenvalue weighted by molar-refractivity contribution is 0.103. The molecule has 128 valence electrons. The summed E-state index contributed by atoms with van der Waals surface area (Å²) in [7, 11) is 0. The van der Waals surface area contributed by atoms with Crippen LogP contribution in [0.15, 0.2) is 81.8 Å². The maximum Gasteiger partial charge on any atom is 0.185 e. The summed E-state index contributed by atoms with van der Waals surface area (Å²) in [6, 6.07) is 14.6. The number of hydrogen-bond donors (Lipinski definition) is 0. The van der Waals surface area contributed by atoms with Crippen molar-refractivity contribution in [2.24, 2.45) is 0 Å². The van der Waals surface area contributed by atoms with Gasteiger partial charge in [0.25, 0.3) is 0 Å². The zero-order valence-electron chi connectivity index (χ0n) is 13.6. The molecule has 2 rings (SSSR count). The summed E-state index contributed by atoms with van der Waals surface area (Å²) in [6.45, 7) is 0. The van der Waals surface area contributed by atoms with Gasteiger partial charge in [0.15, 0.2) is 11.6 Å². The Hall–Kier alpha value is -1.78. The van der Waals surface area contributed by atoms with E-state index in [-0.39, 0.29) is 11.6 Å². The van der Waals surface area contributed by atoms with E-state index in [4.69, 9.17) is 0 Å².